The van der Waals surface area contributed by atoms with Crippen molar-refractivity contribution in [3.63, 3.8) is 0 Å². The van der Waals surface area contributed by atoms with Gasteiger partial charge >= 0.3 is 0 Å². The number of hydrogen-bond acceptors (Lipinski definition) is 3. The molecule has 0 aromatic carbocycles. The molecule has 13 heavy (non-hydrogen) atoms. The third-order valence-corrected chi connectivity index (χ3v) is 2.17. The summed E-state index contributed by atoms with van der Waals surface area (Å²) in [4.78, 5) is 4.07. The summed E-state index contributed by atoms with van der Waals surface area (Å²) in [6.07, 6.45) is 1.23. The van der Waals surface area contributed by atoms with E-state index in [1.807, 2.05) is 26.0 Å². The molecule has 0 fully saturated rings. The summed E-state index contributed by atoms with van der Waals surface area (Å²) in [5, 5.41) is 9.81. The summed E-state index contributed by atoms with van der Waals surface area (Å²) < 4.78 is 0. The van der Waals surface area contributed by atoms with Crippen molar-refractivity contribution in [1.29, 1.82) is 0 Å². The fourth-order valence-electron chi connectivity index (χ4n) is 1.21. The zero-order chi connectivity index (χ0) is 9.84. The van der Waals surface area contributed by atoms with Crippen LogP contribution in [0.25, 0.3) is 0 Å². The predicted molar refractivity (Wildman–Crippen MR) is 52.2 cm³/mol. The Bertz CT molecular complexity index is 275. The van der Waals surface area contributed by atoms with Crippen LogP contribution < -0.4 is 5.73 Å². The van der Waals surface area contributed by atoms with Crippen molar-refractivity contribution in [3.05, 3.63) is 29.6 Å². The molecule has 0 spiro atoms. The molecular weight excluding hydrogens is 164 g/mol. The second-order valence-corrected chi connectivity index (χ2v) is 3.39. The number of pyridine rings is 1. The normalized spacial score (nSPS) is 15.4. The molecular formula is C10H16N2O. The van der Waals surface area contributed by atoms with Crippen LogP contribution in [-0.4, -0.2) is 16.6 Å². The number of aromatic nitrogens is 1. The largest absolute Gasteiger partial charge is 0.388 e. The topological polar surface area (TPSA) is 59.1 Å². The van der Waals surface area contributed by atoms with Crippen molar-refractivity contribution >= 4 is 0 Å². The van der Waals surface area contributed by atoms with Crippen LogP contribution in [0.3, 0.4) is 0 Å². The van der Waals surface area contributed by atoms with Crippen molar-refractivity contribution in [2.75, 3.05) is 6.54 Å². The second kappa shape index (κ2) is 4.35. The number of aliphatic hydroxyl groups is 1. The van der Waals surface area contributed by atoms with Gasteiger partial charge in [-0.1, -0.05) is 6.92 Å². The number of aryl methyl sites for hydroxylation is 1. The molecule has 0 bridgehead atoms. The fraction of sp³-hybridized carbons (Fsp3) is 0.500. The number of rotatable bonds is 3. The maximum Gasteiger partial charge on any atom is 0.0828 e. The summed E-state index contributed by atoms with van der Waals surface area (Å²) in [6, 6.07) is 3.71. The van der Waals surface area contributed by atoms with Gasteiger partial charge in [0.25, 0.3) is 0 Å². The van der Waals surface area contributed by atoms with Gasteiger partial charge < -0.3 is 10.8 Å². The molecule has 3 heteroatoms. The van der Waals surface area contributed by atoms with Crippen molar-refractivity contribution in [2.45, 2.75) is 20.0 Å². The van der Waals surface area contributed by atoms with Crippen LogP contribution in [0.1, 0.15) is 24.3 Å². The van der Waals surface area contributed by atoms with Crippen LogP contribution in [0.5, 0.6) is 0 Å². The van der Waals surface area contributed by atoms with E-state index in [0.29, 0.717) is 6.54 Å². The van der Waals surface area contributed by atoms with Crippen LogP contribution >= 0.6 is 0 Å². The maximum absolute atomic E-state index is 9.81. The Balaban J connectivity index is 2.82. The molecule has 0 aliphatic heterocycles. The molecule has 3 nitrogen and oxygen atoms in total. The highest BCUT2D eigenvalue weighted by atomic mass is 16.3. The molecule has 2 unspecified atom stereocenters. The molecule has 0 saturated heterocycles. The Labute approximate surface area is 78.6 Å². The summed E-state index contributed by atoms with van der Waals surface area (Å²) >= 11 is 0. The predicted octanol–water partition coefficient (Wildman–Crippen LogP) is 1.02. The van der Waals surface area contributed by atoms with E-state index in [1.165, 1.54) is 0 Å². The Morgan fingerprint density at radius 2 is 2.31 bits per heavy atom. The van der Waals surface area contributed by atoms with Gasteiger partial charge in [-0.15, -0.1) is 0 Å². The second-order valence-electron chi connectivity index (χ2n) is 3.39. The average Bonchev–Trinajstić information content (AvgIpc) is 2.15. The van der Waals surface area contributed by atoms with Crippen LogP contribution in [0.15, 0.2) is 18.3 Å². The third kappa shape index (κ3) is 2.50. The van der Waals surface area contributed by atoms with Gasteiger partial charge in [0.2, 0.25) is 0 Å². The van der Waals surface area contributed by atoms with Crippen LogP contribution in [0.2, 0.25) is 0 Å². The lowest BCUT2D eigenvalue weighted by molar-refractivity contribution is 0.121. The molecule has 1 heterocycles. The summed E-state index contributed by atoms with van der Waals surface area (Å²) in [5.74, 6) is 0.0850. The molecule has 0 saturated carbocycles. The van der Waals surface area contributed by atoms with Crippen LogP contribution in [0, 0.1) is 12.8 Å². The molecule has 3 N–H and O–H groups in total. The number of nitrogens with two attached hydrogens (primary N) is 1. The Morgan fingerprint density at radius 3 is 2.85 bits per heavy atom. The zero-order valence-electron chi connectivity index (χ0n) is 8.07. The zero-order valence-corrected chi connectivity index (χ0v) is 8.07. The smallest absolute Gasteiger partial charge is 0.0828 e. The summed E-state index contributed by atoms with van der Waals surface area (Å²) in [6.45, 7) is 4.33. The molecule has 0 amide bonds. The third-order valence-electron chi connectivity index (χ3n) is 2.17. The van der Waals surface area contributed by atoms with Crippen molar-refractivity contribution in [2.24, 2.45) is 11.7 Å². The quantitative estimate of drug-likeness (QED) is 0.730. The highest BCUT2D eigenvalue weighted by Crippen LogP contribution is 2.20. The summed E-state index contributed by atoms with van der Waals surface area (Å²) in [7, 11) is 0. The van der Waals surface area contributed by atoms with Gasteiger partial charge in [-0.25, -0.2) is 0 Å². The molecule has 0 radical (unpaired) electrons. The molecule has 2 atom stereocenters. The van der Waals surface area contributed by atoms with Crippen LogP contribution in [-0.2, 0) is 0 Å². The Morgan fingerprint density at radius 1 is 1.62 bits per heavy atom. The van der Waals surface area contributed by atoms with E-state index in [2.05, 4.69) is 4.98 Å². The summed E-state index contributed by atoms with van der Waals surface area (Å²) in [5.41, 5.74) is 7.28. The molecule has 1 aromatic rings. The van der Waals surface area contributed by atoms with Gasteiger partial charge in [0.1, 0.15) is 0 Å². The number of hydrogen-bond donors (Lipinski definition) is 2. The number of aliphatic hydroxyl groups excluding tert-OH is 1. The highest BCUT2D eigenvalue weighted by molar-refractivity contribution is 5.18. The average molecular weight is 180 g/mol. The van der Waals surface area contributed by atoms with E-state index in [4.69, 9.17) is 5.73 Å². The van der Waals surface area contributed by atoms with Gasteiger partial charge in [0.15, 0.2) is 0 Å². The highest BCUT2D eigenvalue weighted by Gasteiger charge is 2.14. The first-order chi connectivity index (χ1) is 6.15. The Hall–Kier alpha value is -0.930. The SMILES string of the molecule is Cc1cc(C(O)C(C)CN)ccn1. The molecule has 0 aliphatic rings. The van der Waals surface area contributed by atoms with E-state index >= 15 is 0 Å². The molecule has 1 aromatic heterocycles. The van der Waals surface area contributed by atoms with Gasteiger partial charge in [-0.3, -0.25) is 4.98 Å². The minimum atomic E-state index is -0.480. The minimum absolute atomic E-state index is 0.0850. The van der Waals surface area contributed by atoms with E-state index in [1.54, 1.807) is 6.20 Å². The van der Waals surface area contributed by atoms with E-state index in [9.17, 15) is 5.11 Å². The molecule has 72 valence electrons. The lowest BCUT2D eigenvalue weighted by atomic mass is 9.98. The first-order valence-corrected chi connectivity index (χ1v) is 4.46. The van der Waals surface area contributed by atoms with Crippen molar-refractivity contribution in [1.82, 2.24) is 4.98 Å². The monoisotopic (exact) mass is 180 g/mol. The fourth-order valence-corrected chi connectivity index (χ4v) is 1.21. The maximum atomic E-state index is 9.81. The van der Waals surface area contributed by atoms with E-state index in [0.717, 1.165) is 11.3 Å². The van der Waals surface area contributed by atoms with Gasteiger partial charge in [0, 0.05) is 11.9 Å². The van der Waals surface area contributed by atoms with Crippen molar-refractivity contribution in [3.8, 4) is 0 Å². The lowest BCUT2D eigenvalue weighted by Gasteiger charge is -2.17. The van der Waals surface area contributed by atoms with Gasteiger partial charge in [-0.2, -0.15) is 0 Å². The molecule has 1 rings (SSSR count). The van der Waals surface area contributed by atoms with E-state index in [-0.39, 0.29) is 5.92 Å². The van der Waals surface area contributed by atoms with Gasteiger partial charge in [0.05, 0.1) is 6.10 Å². The van der Waals surface area contributed by atoms with E-state index < -0.39 is 6.10 Å². The lowest BCUT2D eigenvalue weighted by Crippen LogP contribution is -2.18. The van der Waals surface area contributed by atoms with Crippen molar-refractivity contribution < 1.29 is 5.11 Å². The Kier molecular flexibility index (Phi) is 3.39. The molecule has 0 aliphatic carbocycles. The van der Waals surface area contributed by atoms with Crippen LogP contribution in [0.4, 0.5) is 0 Å². The standard InChI is InChI=1S/C10H16N2O/c1-7(6-11)10(13)9-3-4-12-8(2)5-9/h3-5,7,10,13H,6,11H2,1-2H3. The first kappa shape index (κ1) is 10.2. The minimum Gasteiger partial charge on any atom is -0.388 e. The van der Waals surface area contributed by atoms with Gasteiger partial charge in [-0.05, 0) is 37.1 Å². The number of nitrogens with zero attached hydrogens (tertiary/aromatic N) is 1. The first-order valence-electron chi connectivity index (χ1n) is 4.46.